The largest absolute Gasteiger partial charge is 1.00 e. The average Bonchev–Trinajstić information content (AvgIpc) is 2.98. The van der Waals surface area contributed by atoms with Crippen molar-refractivity contribution in [2.45, 2.75) is 106 Å². The zero-order chi connectivity index (χ0) is 49.5. The summed E-state index contributed by atoms with van der Waals surface area (Å²) < 4.78 is 528. The van der Waals surface area contributed by atoms with Gasteiger partial charge in [0.2, 0.25) is 0 Å². The van der Waals surface area contributed by atoms with E-state index >= 15 is 0 Å². The Bertz CT molecular complexity index is 1690. The SMILES string of the molecule is O=S(=O)([O-])C(F)(F)C(F)(F)C(F)(F)C(F)(F)C(F)(F)C(F)(F)C(F)(F)C(F)(F)C(F)(F)C(F)(F)C(F)(F)C(F)(F)C(F)(F)C(F)(F)C(F)(F)C(F)(F)C(F)(F)C(F)(F)F.[Cs+]. The molecule has 0 rings (SSSR count). The van der Waals surface area contributed by atoms with Crippen LogP contribution < -0.4 is 68.9 Å². The van der Waals surface area contributed by atoms with E-state index in [9.17, 15) is 175 Å². The second-order valence-electron chi connectivity index (χ2n) is 10.7. The first kappa shape index (κ1) is 61.5. The molecule has 60 heavy (non-hydrogen) atoms. The zero-order valence-corrected chi connectivity index (χ0v) is 32.7. The quantitative estimate of drug-likeness (QED) is 0.110. The first-order valence-corrected chi connectivity index (χ1v) is 13.4. The van der Waals surface area contributed by atoms with Crippen LogP contribution in [0.15, 0.2) is 0 Å². The van der Waals surface area contributed by atoms with E-state index < -0.39 is 116 Å². The van der Waals surface area contributed by atoms with Gasteiger partial charge in [0.25, 0.3) is 0 Å². The summed E-state index contributed by atoms with van der Waals surface area (Å²) in [6.07, 6.45) is -8.49. The van der Waals surface area contributed by atoms with Crippen LogP contribution in [0.2, 0.25) is 0 Å². The van der Waals surface area contributed by atoms with Crippen LogP contribution in [0.25, 0.3) is 0 Å². The van der Waals surface area contributed by atoms with E-state index in [1.807, 2.05) is 0 Å². The molecule has 0 spiro atoms. The third-order valence-electron chi connectivity index (χ3n) is 6.95. The third-order valence-corrected chi connectivity index (χ3v) is 7.83. The van der Waals surface area contributed by atoms with Gasteiger partial charge in [-0.05, 0) is 0 Å². The number of hydrogen-bond donors (Lipinski definition) is 0. The fourth-order valence-corrected chi connectivity index (χ4v) is 3.72. The maximum atomic E-state index is 13.9. The minimum absolute atomic E-state index is 0. The Labute approximate surface area is 358 Å². The van der Waals surface area contributed by atoms with E-state index in [0.29, 0.717) is 0 Å². The van der Waals surface area contributed by atoms with E-state index in [-0.39, 0.29) is 68.9 Å². The fraction of sp³-hybridized carbons (Fsp3) is 1.00. The Kier molecular flexibility index (Phi) is 15.3. The summed E-state index contributed by atoms with van der Waals surface area (Å²) in [5.74, 6) is -161. The van der Waals surface area contributed by atoms with Gasteiger partial charge in [-0.2, -0.15) is 162 Å². The second-order valence-corrected chi connectivity index (χ2v) is 12.1. The van der Waals surface area contributed by atoms with E-state index in [4.69, 9.17) is 0 Å². The Morgan fingerprint density at radius 2 is 0.317 bits per heavy atom. The number of alkyl halides is 37. The predicted molar refractivity (Wildman–Crippen MR) is 99.9 cm³/mol. The van der Waals surface area contributed by atoms with Crippen molar-refractivity contribution in [3.05, 3.63) is 0 Å². The zero-order valence-electron chi connectivity index (χ0n) is 25.6. The summed E-state index contributed by atoms with van der Waals surface area (Å²) in [5.41, 5.74) is 0. The van der Waals surface area contributed by atoms with Gasteiger partial charge in [0.05, 0.1) is 0 Å². The molecule has 356 valence electrons. The normalized spacial score (nSPS) is 17.2. The van der Waals surface area contributed by atoms with Gasteiger partial charge in [-0.3, -0.25) is 0 Å². The molecule has 0 saturated carbocycles. The molecule has 0 bridgehead atoms. The minimum Gasteiger partial charge on any atom is -0.743 e. The molecule has 0 N–H and O–H groups in total. The van der Waals surface area contributed by atoms with Crippen LogP contribution in [-0.4, -0.2) is 119 Å². The Hall–Kier alpha value is -0.628. The first-order valence-electron chi connectivity index (χ1n) is 11.9. The van der Waals surface area contributed by atoms with Crippen LogP contribution in [-0.2, 0) is 10.1 Å². The molecule has 3 nitrogen and oxygen atoms in total. The topological polar surface area (TPSA) is 57.2 Å². The van der Waals surface area contributed by atoms with Crippen molar-refractivity contribution in [3.8, 4) is 0 Å². The molecule has 0 aromatic heterocycles. The van der Waals surface area contributed by atoms with Gasteiger partial charge in [0, 0.05) is 0 Å². The molecule has 0 unspecified atom stereocenters. The maximum Gasteiger partial charge on any atom is 1.00 e. The summed E-state index contributed by atoms with van der Waals surface area (Å²) >= 11 is 0. The first-order chi connectivity index (χ1) is 24.5. The molecule has 0 aliphatic carbocycles. The molecule has 0 aromatic carbocycles. The number of rotatable bonds is 17. The molecular weight excluding hydrogens is 1130 g/mol. The molecule has 42 heteroatoms. The van der Waals surface area contributed by atoms with Crippen LogP contribution in [0.3, 0.4) is 0 Å². The van der Waals surface area contributed by atoms with E-state index in [0.717, 1.165) is 0 Å². The summed E-state index contributed by atoms with van der Waals surface area (Å²) in [6.45, 7) is 0. The minimum atomic E-state index is -10.5. The monoisotopic (exact) mass is 1130 g/mol. The van der Waals surface area contributed by atoms with E-state index in [1.54, 1.807) is 0 Å². The van der Waals surface area contributed by atoms with Crippen LogP contribution in [0.1, 0.15) is 0 Å². The molecule has 0 aliphatic heterocycles. The van der Waals surface area contributed by atoms with Gasteiger partial charge in [-0.1, -0.05) is 0 Å². The molecule has 0 fully saturated rings. The van der Waals surface area contributed by atoms with Crippen LogP contribution in [0.5, 0.6) is 0 Å². The molecule has 0 atom stereocenters. The molecule has 0 heterocycles. The van der Waals surface area contributed by atoms with Gasteiger partial charge in [-0.25, -0.2) is 8.42 Å². The molecule has 0 aromatic rings. The second kappa shape index (κ2) is 14.9. The fourth-order valence-electron chi connectivity index (χ4n) is 3.28. The summed E-state index contributed by atoms with van der Waals surface area (Å²) in [4.78, 5) is 0. The van der Waals surface area contributed by atoms with Crippen LogP contribution >= 0.6 is 0 Å². The molecule has 0 aliphatic rings. The summed E-state index contributed by atoms with van der Waals surface area (Å²) in [5, 5.41) is -8.62. The molecular formula is C18CsF37O3S. The van der Waals surface area contributed by atoms with E-state index in [1.165, 1.54) is 0 Å². The van der Waals surface area contributed by atoms with E-state index in [2.05, 4.69) is 0 Å². The number of halogens is 37. The smallest absolute Gasteiger partial charge is 0.743 e. The standard InChI is InChI=1S/C18HF37O3S.Cs/c19-1(20,3(23,24)5(27,28)7(31,32)9(35,36)11(39,40)13(43,44)15(47,48)17(51,52)53)2(21,22)4(25,26)6(29,30)8(33,34)10(37,38)12(41,42)14(45,46)16(49,50)18(54,55)59(56,57)58;/h(H,56,57,58);/q;+1/p-1. The summed E-state index contributed by atoms with van der Waals surface area (Å²) in [7, 11) is -8.77. The van der Waals surface area contributed by atoms with Crippen molar-refractivity contribution in [2.75, 3.05) is 0 Å². The third kappa shape index (κ3) is 7.00. The van der Waals surface area contributed by atoms with Crippen molar-refractivity contribution in [3.63, 3.8) is 0 Å². The summed E-state index contributed by atoms with van der Waals surface area (Å²) in [6, 6.07) is 0. The molecule has 0 radical (unpaired) electrons. The van der Waals surface area contributed by atoms with Crippen LogP contribution in [0.4, 0.5) is 162 Å². The van der Waals surface area contributed by atoms with Gasteiger partial charge in [-0.15, -0.1) is 0 Å². The van der Waals surface area contributed by atoms with Gasteiger partial charge in [0.1, 0.15) is 0 Å². The maximum absolute atomic E-state index is 13.9. The Morgan fingerprint density at radius 3 is 0.417 bits per heavy atom. The Morgan fingerprint density at radius 1 is 0.217 bits per heavy atom. The molecule has 0 amide bonds. The van der Waals surface area contributed by atoms with Gasteiger partial charge in [0.15, 0.2) is 10.1 Å². The van der Waals surface area contributed by atoms with Crippen molar-refractivity contribution in [1.82, 2.24) is 0 Å². The predicted octanol–water partition coefficient (Wildman–Crippen LogP) is 7.86. The van der Waals surface area contributed by atoms with Crippen molar-refractivity contribution in [2.24, 2.45) is 0 Å². The number of hydrogen-bond acceptors (Lipinski definition) is 3. The van der Waals surface area contributed by atoms with Crippen LogP contribution in [0, 0.1) is 0 Å². The van der Waals surface area contributed by atoms with Crippen molar-refractivity contribution in [1.29, 1.82) is 0 Å². The Balaban J connectivity index is 0. The van der Waals surface area contributed by atoms with Gasteiger partial charge < -0.3 is 4.55 Å². The van der Waals surface area contributed by atoms with Crippen molar-refractivity contribution < 1.29 is 244 Å². The molecule has 0 saturated heterocycles. The van der Waals surface area contributed by atoms with Gasteiger partial charge >= 0.3 is 175 Å². The van der Waals surface area contributed by atoms with Crippen molar-refractivity contribution >= 4 is 10.1 Å². The average molecular weight is 1130 g/mol.